The van der Waals surface area contributed by atoms with E-state index in [9.17, 15) is 16.8 Å². The van der Waals surface area contributed by atoms with Crippen molar-refractivity contribution in [3.05, 3.63) is 12.2 Å². The van der Waals surface area contributed by atoms with E-state index in [2.05, 4.69) is 0 Å². The Morgan fingerprint density at radius 2 is 0.955 bits per heavy atom. The van der Waals surface area contributed by atoms with Gasteiger partial charge < -0.3 is 0 Å². The van der Waals surface area contributed by atoms with Crippen molar-refractivity contribution in [2.75, 3.05) is 11.5 Å². The molecule has 0 amide bonds. The van der Waals surface area contributed by atoms with Gasteiger partial charge in [-0.05, 0) is 25.7 Å². The second-order valence-electron chi connectivity index (χ2n) is 6.22. The van der Waals surface area contributed by atoms with Crippen molar-refractivity contribution in [1.82, 2.24) is 0 Å². The summed E-state index contributed by atoms with van der Waals surface area (Å²) in [5.41, 5.74) is 0. The van der Waals surface area contributed by atoms with Gasteiger partial charge in [-0.2, -0.15) is 16.8 Å². The van der Waals surface area contributed by atoms with Crippen LogP contribution in [0.15, 0.2) is 12.2 Å². The van der Waals surface area contributed by atoms with Crippen LogP contribution in [0.2, 0.25) is 0 Å². The van der Waals surface area contributed by atoms with Crippen molar-refractivity contribution >= 4 is 20.2 Å². The van der Waals surface area contributed by atoms with Gasteiger partial charge in [-0.25, -0.2) is 0 Å². The van der Waals surface area contributed by atoms with E-state index in [-0.39, 0.29) is 23.3 Å². The van der Waals surface area contributed by atoms with Crippen LogP contribution in [-0.2, 0) is 28.6 Å². The van der Waals surface area contributed by atoms with Gasteiger partial charge in [0.05, 0.1) is 23.7 Å². The van der Waals surface area contributed by atoms with Gasteiger partial charge in [0.2, 0.25) is 0 Å². The topological polar surface area (TPSA) is 86.7 Å². The summed E-state index contributed by atoms with van der Waals surface area (Å²) in [5, 5.41) is 0. The largest absolute Gasteiger partial charge is 0.268 e. The van der Waals surface area contributed by atoms with Crippen LogP contribution in [0.5, 0.6) is 0 Å². The molecule has 0 aliphatic rings. The minimum Gasteiger partial charge on any atom is -0.263 e. The molecule has 6 nitrogen and oxygen atoms in total. The van der Waals surface area contributed by atoms with Gasteiger partial charge >= 0.3 is 0 Å². The van der Waals surface area contributed by atoms with Gasteiger partial charge in [0.1, 0.15) is 0 Å². The summed E-state index contributed by atoms with van der Waals surface area (Å²) in [6, 6.07) is 0. The van der Waals surface area contributed by atoms with E-state index in [1.165, 1.54) is 12.2 Å². The molecule has 0 fully saturated rings. The monoisotopic (exact) mass is 356 g/mol. The average Bonchev–Trinajstić information content (AvgIpc) is 2.20. The summed E-state index contributed by atoms with van der Waals surface area (Å²) in [6.07, 6.45) is 1.60. The van der Waals surface area contributed by atoms with Gasteiger partial charge in [-0.15, -0.1) is 0 Å². The molecule has 0 aliphatic carbocycles. The molecule has 0 aromatic carbocycles. The maximum atomic E-state index is 11.7. The third kappa shape index (κ3) is 11.2. The van der Waals surface area contributed by atoms with Crippen LogP contribution in [0.4, 0.5) is 0 Å². The summed E-state index contributed by atoms with van der Waals surface area (Å²) < 4.78 is 56.6. The van der Waals surface area contributed by atoms with Crippen LogP contribution in [0.3, 0.4) is 0 Å². The predicted molar refractivity (Wildman–Crippen MR) is 87.5 cm³/mol. The maximum absolute atomic E-state index is 11.7. The first-order valence-corrected chi connectivity index (χ1v) is 10.5. The molecule has 0 aliphatic heterocycles. The van der Waals surface area contributed by atoms with E-state index in [1.54, 1.807) is 41.5 Å². The van der Waals surface area contributed by atoms with E-state index in [0.717, 1.165) is 0 Å². The van der Waals surface area contributed by atoms with Crippen molar-refractivity contribution in [3.8, 4) is 0 Å². The van der Waals surface area contributed by atoms with Crippen LogP contribution in [0, 0.1) is 11.8 Å². The molecule has 0 heterocycles. The zero-order valence-electron chi connectivity index (χ0n) is 14.1. The Bertz CT molecular complexity index is 496. The molecule has 0 rings (SSSR count). The molecular weight excluding hydrogens is 328 g/mol. The Labute approximate surface area is 135 Å². The fourth-order valence-electron chi connectivity index (χ4n) is 1.73. The highest BCUT2D eigenvalue weighted by Gasteiger charge is 2.18. The van der Waals surface area contributed by atoms with Gasteiger partial charge in [-0.3, -0.25) is 8.37 Å². The summed E-state index contributed by atoms with van der Waals surface area (Å²) >= 11 is 0. The predicted octanol–water partition coefficient (Wildman–Crippen LogP) is 2.32. The molecule has 132 valence electrons. The van der Waals surface area contributed by atoms with Crippen molar-refractivity contribution < 1.29 is 25.2 Å². The highest BCUT2D eigenvalue weighted by atomic mass is 32.2. The molecule has 2 unspecified atom stereocenters. The Balaban J connectivity index is 4.53. The molecular formula is C14H28O6S2. The number of hydrogen-bond acceptors (Lipinski definition) is 6. The smallest absolute Gasteiger partial charge is 0.263 e. The summed E-state index contributed by atoms with van der Waals surface area (Å²) in [7, 11) is -7.18. The molecule has 0 aromatic heterocycles. The molecule has 0 spiro atoms. The third-order valence-electron chi connectivity index (χ3n) is 2.32. The third-order valence-corrected chi connectivity index (χ3v) is 5.67. The van der Waals surface area contributed by atoms with Gasteiger partial charge in [0.25, 0.3) is 20.2 Å². The Morgan fingerprint density at radius 3 is 1.18 bits per heavy atom. The lowest BCUT2D eigenvalue weighted by Crippen LogP contribution is -2.21. The standard InChI is InChI=1S/C14H28O6S2/c1-11(2)9-21(15,16)19-13(5)7-8-14(6)20-22(17,18)10-12(3)4/h7-8,11-14H,9-10H2,1-6H3. The highest BCUT2D eigenvalue weighted by Crippen LogP contribution is 2.10. The SMILES string of the molecule is CC(C)CS(=O)(=O)OC(C)C=CC(C)OS(=O)(=O)CC(C)C. The molecule has 0 radical (unpaired) electrons. The summed E-state index contributed by atoms with van der Waals surface area (Å²) in [4.78, 5) is 0. The Kier molecular flexibility index (Phi) is 8.82. The van der Waals surface area contributed by atoms with Gasteiger partial charge in [0, 0.05) is 0 Å². The zero-order valence-corrected chi connectivity index (χ0v) is 15.8. The van der Waals surface area contributed by atoms with Crippen LogP contribution < -0.4 is 0 Å². The molecule has 0 saturated carbocycles. The van der Waals surface area contributed by atoms with Crippen LogP contribution in [0.1, 0.15) is 41.5 Å². The fourth-order valence-corrected chi connectivity index (χ4v) is 4.58. The zero-order chi connectivity index (χ0) is 17.6. The molecule has 2 atom stereocenters. The fraction of sp³-hybridized carbons (Fsp3) is 0.857. The van der Waals surface area contributed by atoms with E-state index < -0.39 is 32.4 Å². The molecule has 8 heteroatoms. The van der Waals surface area contributed by atoms with Crippen LogP contribution >= 0.6 is 0 Å². The lowest BCUT2D eigenvalue weighted by molar-refractivity contribution is 0.257. The Morgan fingerprint density at radius 1 is 0.682 bits per heavy atom. The second kappa shape index (κ2) is 9.00. The first kappa shape index (κ1) is 21.6. The summed E-state index contributed by atoms with van der Waals surface area (Å²) in [5.74, 6) is -0.158. The molecule has 0 bridgehead atoms. The molecule has 0 saturated heterocycles. The molecule has 22 heavy (non-hydrogen) atoms. The van der Waals surface area contributed by atoms with Crippen molar-refractivity contribution in [1.29, 1.82) is 0 Å². The van der Waals surface area contributed by atoms with Gasteiger partial charge in [0.15, 0.2) is 0 Å². The summed E-state index contributed by atoms with van der Waals surface area (Å²) in [6.45, 7) is 10.3. The van der Waals surface area contributed by atoms with Crippen molar-refractivity contribution in [2.45, 2.75) is 53.8 Å². The second-order valence-corrected chi connectivity index (χ2v) is 9.51. The quantitative estimate of drug-likeness (QED) is 0.441. The first-order chi connectivity index (χ1) is 9.83. The van der Waals surface area contributed by atoms with Crippen molar-refractivity contribution in [3.63, 3.8) is 0 Å². The number of rotatable bonds is 10. The van der Waals surface area contributed by atoms with E-state index in [0.29, 0.717) is 0 Å². The van der Waals surface area contributed by atoms with E-state index in [1.807, 2.05) is 0 Å². The highest BCUT2D eigenvalue weighted by molar-refractivity contribution is 7.87. The Hall–Kier alpha value is -0.440. The maximum Gasteiger partial charge on any atom is 0.268 e. The lowest BCUT2D eigenvalue weighted by Gasteiger charge is -2.13. The number of hydrogen-bond donors (Lipinski definition) is 0. The molecule has 0 N–H and O–H groups in total. The van der Waals surface area contributed by atoms with Gasteiger partial charge in [-0.1, -0.05) is 39.8 Å². The first-order valence-electron chi connectivity index (χ1n) is 7.33. The lowest BCUT2D eigenvalue weighted by atomic mass is 10.3. The van der Waals surface area contributed by atoms with E-state index >= 15 is 0 Å². The van der Waals surface area contributed by atoms with Crippen LogP contribution in [0.25, 0.3) is 0 Å². The molecule has 0 aromatic rings. The average molecular weight is 357 g/mol. The van der Waals surface area contributed by atoms with Crippen molar-refractivity contribution in [2.24, 2.45) is 11.8 Å². The normalized spacial score (nSPS) is 16.5. The van der Waals surface area contributed by atoms with E-state index in [4.69, 9.17) is 8.37 Å². The minimum absolute atomic E-state index is 0.0235. The minimum atomic E-state index is -3.59. The van der Waals surface area contributed by atoms with Crippen LogP contribution in [-0.4, -0.2) is 40.5 Å².